The van der Waals surface area contributed by atoms with E-state index in [1.54, 1.807) is 37.5 Å². The van der Waals surface area contributed by atoms with Crippen LogP contribution in [0.4, 0.5) is 5.82 Å². The minimum absolute atomic E-state index is 0.252. The predicted octanol–water partition coefficient (Wildman–Crippen LogP) is 2.67. The normalized spacial score (nSPS) is 11.4. The first-order valence-corrected chi connectivity index (χ1v) is 8.59. The lowest BCUT2D eigenvalue weighted by atomic mass is 10.2. The molecule has 0 radical (unpaired) electrons. The molecule has 0 spiro atoms. The molecule has 0 bridgehead atoms. The number of aromatic nitrogens is 1. The first kappa shape index (κ1) is 15.9. The molecule has 0 aliphatic rings. The van der Waals surface area contributed by atoms with Gasteiger partial charge >= 0.3 is 0 Å². The molecule has 1 heterocycles. The smallest absolute Gasteiger partial charge is 0.263 e. The summed E-state index contributed by atoms with van der Waals surface area (Å²) in [6, 6.07) is 8.57. The molecule has 2 N–H and O–H groups in total. The number of pyridine rings is 1. The maximum absolute atomic E-state index is 12.5. The SMILES string of the molecule is CNCc1ccccc1S(=O)(=O)Nc1cc(C)c(Br)cn1. The summed E-state index contributed by atoms with van der Waals surface area (Å²) >= 11 is 3.34. The highest BCUT2D eigenvalue weighted by Crippen LogP contribution is 2.21. The summed E-state index contributed by atoms with van der Waals surface area (Å²) in [5.41, 5.74) is 1.62. The van der Waals surface area contributed by atoms with Gasteiger partial charge in [0.2, 0.25) is 0 Å². The van der Waals surface area contributed by atoms with Crippen molar-refractivity contribution in [3.8, 4) is 0 Å². The molecule has 0 saturated heterocycles. The molecule has 1 aromatic heterocycles. The Morgan fingerprint density at radius 3 is 2.67 bits per heavy atom. The van der Waals surface area contributed by atoms with E-state index in [1.165, 1.54) is 0 Å². The first-order chi connectivity index (χ1) is 9.94. The van der Waals surface area contributed by atoms with Crippen molar-refractivity contribution in [1.29, 1.82) is 0 Å². The lowest BCUT2D eigenvalue weighted by Gasteiger charge is -2.12. The zero-order valence-electron chi connectivity index (χ0n) is 11.7. The Morgan fingerprint density at radius 2 is 2.00 bits per heavy atom. The number of sulfonamides is 1. The fourth-order valence-corrected chi connectivity index (χ4v) is 3.35. The van der Waals surface area contributed by atoms with Gasteiger partial charge in [-0.2, -0.15) is 0 Å². The van der Waals surface area contributed by atoms with Gasteiger partial charge in [0.05, 0.1) is 4.90 Å². The number of halogens is 1. The third-order valence-electron chi connectivity index (χ3n) is 2.92. The zero-order valence-corrected chi connectivity index (χ0v) is 14.1. The van der Waals surface area contributed by atoms with Crippen LogP contribution in [0.5, 0.6) is 0 Å². The molecule has 5 nitrogen and oxygen atoms in total. The molecule has 2 aromatic rings. The second kappa shape index (κ2) is 6.55. The van der Waals surface area contributed by atoms with Gasteiger partial charge in [-0.3, -0.25) is 4.72 Å². The van der Waals surface area contributed by atoms with E-state index in [2.05, 4.69) is 31.0 Å². The number of hydrogen-bond donors (Lipinski definition) is 2. The van der Waals surface area contributed by atoms with Crippen LogP contribution in [-0.4, -0.2) is 20.4 Å². The summed E-state index contributed by atoms with van der Waals surface area (Å²) in [6.07, 6.45) is 1.58. The van der Waals surface area contributed by atoms with Crippen LogP contribution in [0.2, 0.25) is 0 Å². The van der Waals surface area contributed by atoms with E-state index < -0.39 is 10.0 Å². The average molecular weight is 370 g/mol. The summed E-state index contributed by atoms with van der Waals surface area (Å²) < 4.78 is 28.4. The van der Waals surface area contributed by atoms with Gasteiger partial charge < -0.3 is 5.32 Å². The number of aryl methyl sites for hydroxylation is 1. The fraction of sp³-hybridized carbons (Fsp3) is 0.214. The number of benzene rings is 1. The van der Waals surface area contributed by atoms with Gasteiger partial charge in [0.1, 0.15) is 5.82 Å². The van der Waals surface area contributed by atoms with Crippen LogP contribution in [0.25, 0.3) is 0 Å². The third-order valence-corrected chi connectivity index (χ3v) is 5.20. The standard InChI is InChI=1S/C14H16BrN3O2S/c1-10-7-14(17-9-12(10)15)18-21(19,20)13-6-4-3-5-11(13)8-16-2/h3-7,9,16H,8H2,1-2H3,(H,17,18). The van der Waals surface area contributed by atoms with E-state index in [0.717, 1.165) is 10.0 Å². The Morgan fingerprint density at radius 1 is 1.29 bits per heavy atom. The summed E-state index contributed by atoms with van der Waals surface area (Å²) in [5.74, 6) is 0.301. The van der Waals surface area contributed by atoms with Crippen molar-refractivity contribution in [1.82, 2.24) is 10.3 Å². The molecule has 0 fully saturated rings. The molecule has 112 valence electrons. The average Bonchev–Trinajstić information content (AvgIpc) is 2.43. The molecule has 21 heavy (non-hydrogen) atoms. The van der Waals surface area contributed by atoms with E-state index in [9.17, 15) is 8.42 Å². The van der Waals surface area contributed by atoms with Gasteiger partial charge in [-0.05, 0) is 53.2 Å². The molecule has 0 aliphatic heterocycles. The fourth-order valence-electron chi connectivity index (χ4n) is 1.89. The van der Waals surface area contributed by atoms with E-state index in [4.69, 9.17) is 0 Å². The van der Waals surface area contributed by atoms with Crippen molar-refractivity contribution < 1.29 is 8.42 Å². The van der Waals surface area contributed by atoms with Gasteiger partial charge in [-0.25, -0.2) is 13.4 Å². The summed E-state index contributed by atoms with van der Waals surface area (Å²) in [7, 11) is -1.89. The second-order valence-electron chi connectivity index (χ2n) is 4.56. The van der Waals surface area contributed by atoms with Crippen LogP contribution in [0, 0.1) is 6.92 Å². The minimum Gasteiger partial charge on any atom is -0.316 e. The minimum atomic E-state index is -3.66. The Kier molecular flexibility index (Phi) is 4.97. The van der Waals surface area contributed by atoms with E-state index >= 15 is 0 Å². The molecule has 2 rings (SSSR count). The maximum atomic E-state index is 12.5. The molecule has 0 saturated carbocycles. The largest absolute Gasteiger partial charge is 0.316 e. The lowest BCUT2D eigenvalue weighted by Crippen LogP contribution is -2.18. The van der Waals surface area contributed by atoms with Crippen molar-refractivity contribution in [3.05, 3.63) is 52.1 Å². The highest BCUT2D eigenvalue weighted by molar-refractivity contribution is 9.10. The Balaban J connectivity index is 2.36. The van der Waals surface area contributed by atoms with Crippen molar-refractivity contribution in [2.45, 2.75) is 18.4 Å². The van der Waals surface area contributed by atoms with Crippen LogP contribution in [0.3, 0.4) is 0 Å². The van der Waals surface area contributed by atoms with E-state index in [0.29, 0.717) is 17.9 Å². The number of nitrogens with one attached hydrogen (secondary N) is 2. The van der Waals surface area contributed by atoms with Crippen LogP contribution in [-0.2, 0) is 16.6 Å². The number of hydrogen-bond acceptors (Lipinski definition) is 4. The third kappa shape index (κ3) is 3.81. The van der Waals surface area contributed by atoms with Crippen molar-refractivity contribution in [2.75, 3.05) is 11.8 Å². The van der Waals surface area contributed by atoms with Gasteiger partial charge in [-0.1, -0.05) is 18.2 Å². The summed E-state index contributed by atoms with van der Waals surface area (Å²) in [6.45, 7) is 2.35. The molecule has 0 atom stereocenters. The monoisotopic (exact) mass is 369 g/mol. The number of anilines is 1. The number of rotatable bonds is 5. The lowest BCUT2D eigenvalue weighted by molar-refractivity contribution is 0.599. The highest BCUT2D eigenvalue weighted by Gasteiger charge is 2.18. The van der Waals surface area contributed by atoms with Crippen LogP contribution < -0.4 is 10.0 Å². The number of nitrogens with zero attached hydrogens (tertiary/aromatic N) is 1. The van der Waals surface area contributed by atoms with Gasteiger partial charge in [0, 0.05) is 17.2 Å². The van der Waals surface area contributed by atoms with Crippen LogP contribution >= 0.6 is 15.9 Å². The molecule has 7 heteroatoms. The molecular formula is C14H16BrN3O2S. The zero-order chi connectivity index (χ0) is 15.5. The van der Waals surface area contributed by atoms with E-state index in [1.807, 2.05) is 13.0 Å². The summed E-state index contributed by atoms with van der Waals surface area (Å²) in [4.78, 5) is 4.32. The predicted molar refractivity (Wildman–Crippen MR) is 86.7 cm³/mol. The molecular weight excluding hydrogens is 354 g/mol. The van der Waals surface area contributed by atoms with Crippen molar-refractivity contribution in [2.24, 2.45) is 0 Å². The van der Waals surface area contributed by atoms with Crippen molar-refractivity contribution >= 4 is 31.8 Å². The Bertz CT molecular complexity index is 748. The molecule has 0 aliphatic carbocycles. The molecule has 0 unspecified atom stereocenters. The second-order valence-corrected chi connectivity index (χ2v) is 7.07. The van der Waals surface area contributed by atoms with Gasteiger partial charge in [0.25, 0.3) is 10.0 Å². The van der Waals surface area contributed by atoms with Gasteiger partial charge in [0.15, 0.2) is 0 Å². The quantitative estimate of drug-likeness (QED) is 0.849. The summed E-state index contributed by atoms with van der Waals surface area (Å²) in [5, 5.41) is 2.96. The highest BCUT2D eigenvalue weighted by atomic mass is 79.9. The first-order valence-electron chi connectivity index (χ1n) is 6.31. The Hall–Kier alpha value is -1.44. The van der Waals surface area contributed by atoms with Crippen LogP contribution in [0.15, 0.2) is 45.9 Å². The topological polar surface area (TPSA) is 71.1 Å². The maximum Gasteiger partial charge on any atom is 0.263 e. The van der Waals surface area contributed by atoms with Crippen LogP contribution in [0.1, 0.15) is 11.1 Å². The van der Waals surface area contributed by atoms with Crippen molar-refractivity contribution in [3.63, 3.8) is 0 Å². The molecule has 1 aromatic carbocycles. The van der Waals surface area contributed by atoms with Gasteiger partial charge in [-0.15, -0.1) is 0 Å². The van der Waals surface area contributed by atoms with E-state index in [-0.39, 0.29) is 4.90 Å². The Labute approximate surface area is 133 Å². The molecule has 0 amide bonds.